The summed E-state index contributed by atoms with van der Waals surface area (Å²) in [5, 5.41) is 3.07. The minimum atomic E-state index is 0.0697. The minimum absolute atomic E-state index is 0.0697. The van der Waals surface area contributed by atoms with E-state index in [0.29, 0.717) is 19.8 Å². The van der Waals surface area contributed by atoms with Gasteiger partial charge in [0.25, 0.3) is 0 Å². The maximum atomic E-state index is 12.4. The number of morpholine rings is 1. The number of hydrogen-bond acceptors (Lipinski definition) is 3. The van der Waals surface area contributed by atoms with Gasteiger partial charge in [-0.1, -0.05) is 12.1 Å². The maximum Gasteiger partial charge on any atom is 0.318 e. The molecule has 2 unspecified atom stereocenters. The number of nitrogens with one attached hydrogen (secondary N) is 1. The minimum Gasteiger partial charge on any atom is -0.493 e. The lowest BCUT2D eigenvalue weighted by atomic mass is 10.1. The largest absolute Gasteiger partial charge is 0.493 e. The van der Waals surface area contributed by atoms with Crippen molar-refractivity contribution in [2.24, 2.45) is 0 Å². The van der Waals surface area contributed by atoms with E-state index >= 15 is 0 Å². The van der Waals surface area contributed by atoms with Crippen LogP contribution in [-0.4, -0.2) is 49.4 Å². The van der Waals surface area contributed by atoms with Crippen molar-refractivity contribution in [2.75, 3.05) is 26.4 Å². The average molecular weight is 302 g/mol. The van der Waals surface area contributed by atoms with Crippen LogP contribution in [0, 0.1) is 0 Å². The van der Waals surface area contributed by atoms with Gasteiger partial charge in [-0.15, -0.1) is 0 Å². The van der Waals surface area contributed by atoms with Crippen LogP contribution in [0.1, 0.15) is 24.0 Å². The number of nitrogens with zero attached hydrogens (tertiary/aromatic N) is 1. The van der Waals surface area contributed by atoms with Crippen molar-refractivity contribution in [3.8, 4) is 5.75 Å². The molecule has 22 heavy (non-hydrogen) atoms. The van der Waals surface area contributed by atoms with Gasteiger partial charge in [0.2, 0.25) is 0 Å². The van der Waals surface area contributed by atoms with Gasteiger partial charge < -0.3 is 19.7 Å². The molecule has 3 heterocycles. The highest BCUT2D eigenvalue weighted by molar-refractivity contribution is 5.75. The van der Waals surface area contributed by atoms with E-state index in [2.05, 4.69) is 17.4 Å². The molecule has 1 aromatic carbocycles. The third-order valence-electron chi connectivity index (χ3n) is 4.92. The molecule has 0 aromatic heterocycles. The molecule has 4 rings (SSSR count). The summed E-state index contributed by atoms with van der Waals surface area (Å²) < 4.78 is 11.0. The molecular formula is C17H22N2O3. The molecular weight excluding hydrogens is 280 g/mol. The lowest BCUT2D eigenvalue weighted by Gasteiger charge is -2.34. The fourth-order valence-electron chi connectivity index (χ4n) is 3.76. The Balaban J connectivity index is 1.31. The van der Waals surface area contributed by atoms with Gasteiger partial charge in [-0.05, 0) is 36.5 Å². The molecule has 2 bridgehead atoms. The van der Waals surface area contributed by atoms with E-state index in [1.54, 1.807) is 0 Å². The van der Waals surface area contributed by atoms with Gasteiger partial charge in [0.05, 0.1) is 31.9 Å². The molecule has 118 valence electrons. The molecule has 5 heteroatoms. The zero-order chi connectivity index (χ0) is 14.9. The van der Waals surface area contributed by atoms with Crippen molar-refractivity contribution in [1.29, 1.82) is 0 Å². The molecule has 5 nitrogen and oxygen atoms in total. The molecule has 2 saturated heterocycles. The standard InChI is InChI=1S/C17H22N2O3/c20-17(19-14-2-3-15(19)11-21-10-14)18-7-5-12-1-4-16-13(9-12)6-8-22-16/h1,4,9,14-15H,2-3,5-8,10-11H2,(H,18,20). The molecule has 0 saturated carbocycles. The normalized spacial score (nSPS) is 25.7. The first kappa shape index (κ1) is 13.9. The zero-order valence-electron chi connectivity index (χ0n) is 12.7. The second-order valence-corrected chi connectivity index (χ2v) is 6.35. The van der Waals surface area contributed by atoms with Gasteiger partial charge in [-0.3, -0.25) is 0 Å². The van der Waals surface area contributed by atoms with Crippen molar-refractivity contribution in [3.63, 3.8) is 0 Å². The Kier molecular flexibility index (Phi) is 3.66. The summed E-state index contributed by atoms with van der Waals surface area (Å²) in [6.45, 7) is 2.84. The second kappa shape index (κ2) is 5.80. The first-order valence-corrected chi connectivity index (χ1v) is 8.20. The summed E-state index contributed by atoms with van der Waals surface area (Å²) in [6.07, 6.45) is 4.00. The highest BCUT2D eigenvalue weighted by Gasteiger charge is 2.40. The molecule has 0 radical (unpaired) electrons. The first-order valence-electron chi connectivity index (χ1n) is 8.20. The monoisotopic (exact) mass is 302 g/mol. The van der Waals surface area contributed by atoms with Crippen LogP contribution in [0.5, 0.6) is 5.75 Å². The second-order valence-electron chi connectivity index (χ2n) is 6.35. The Morgan fingerprint density at radius 3 is 2.91 bits per heavy atom. The fourth-order valence-corrected chi connectivity index (χ4v) is 3.76. The Labute approximate surface area is 130 Å². The number of benzene rings is 1. The number of carbonyl (C=O) groups is 1. The molecule has 2 atom stereocenters. The third-order valence-corrected chi connectivity index (χ3v) is 4.92. The molecule has 3 aliphatic heterocycles. The van der Waals surface area contributed by atoms with Gasteiger partial charge >= 0.3 is 6.03 Å². The molecule has 0 spiro atoms. The lowest BCUT2D eigenvalue weighted by molar-refractivity contribution is 0.00645. The van der Waals surface area contributed by atoms with Gasteiger partial charge in [0, 0.05) is 13.0 Å². The first-order chi connectivity index (χ1) is 10.8. The summed E-state index contributed by atoms with van der Waals surface area (Å²) in [5.74, 6) is 1.01. The molecule has 1 N–H and O–H groups in total. The van der Waals surface area contributed by atoms with Crippen molar-refractivity contribution in [3.05, 3.63) is 29.3 Å². The van der Waals surface area contributed by atoms with Crippen molar-refractivity contribution >= 4 is 6.03 Å². The van der Waals surface area contributed by atoms with E-state index in [9.17, 15) is 4.79 Å². The Bertz CT molecular complexity index is 559. The number of carbonyl (C=O) groups excluding carboxylic acids is 1. The van der Waals surface area contributed by atoms with Crippen LogP contribution in [0.2, 0.25) is 0 Å². The highest BCUT2D eigenvalue weighted by atomic mass is 16.5. The van der Waals surface area contributed by atoms with Crippen molar-refractivity contribution in [2.45, 2.75) is 37.8 Å². The predicted molar refractivity (Wildman–Crippen MR) is 82.2 cm³/mol. The van der Waals surface area contributed by atoms with E-state index in [4.69, 9.17) is 9.47 Å². The van der Waals surface area contributed by atoms with Crippen LogP contribution in [-0.2, 0) is 17.6 Å². The van der Waals surface area contributed by atoms with Crippen LogP contribution in [0.4, 0.5) is 4.79 Å². The van der Waals surface area contributed by atoms with Crippen LogP contribution in [0.15, 0.2) is 18.2 Å². The van der Waals surface area contributed by atoms with E-state index in [0.717, 1.165) is 38.0 Å². The molecule has 0 aliphatic carbocycles. The van der Waals surface area contributed by atoms with E-state index < -0.39 is 0 Å². The fraction of sp³-hybridized carbons (Fsp3) is 0.588. The number of amides is 2. The van der Waals surface area contributed by atoms with Gasteiger partial charge in [-0.25, -0.2) is 4.79 Å². The smallest absolute Gasteiger partial charge is 0.318 e. The van der Waals surface area contributed by atoms with Crippen LogP contribution in [0.3, 0.4) is 0 Å². The summed E-state index contributed by atoms with van der Waals surface area (Å²) in [4.78, 5) is 14.4. The summed E-state index contributed by atoms with van der Waals surface area (Å²) in [5.41, 5.74) is 2.55. The Morgan fingerprint density at radius 2 is 2.09 bits per heavy atom. The van der Waals surface area contributed by atoms with Crippen LogP contribution < -0.4 is 10.1 Å². The van der Waals surface area contributed by atoms with Crippen molar-refractivity contribution < 1.29 is 14.3 Å². The maximum absolute atomic E-state index is 12.4. The Morgan fingerprint density at radius 1 is 1.27 bits per heavy atom. The molecule has 1 aromatic rings. The number of rotatable bonds is 3. The van der Waals surface area contributed by atoms with E-state index in [-0.39, 0.29) is 18.1 Å². The number of urea groups is 1. The highest BCUT2D eigenvalue weighted by Crippen LogP contribution is 2.28. The number of hydrogen-bond donors (Lipinski definition) is 1. The molecule has 2 amide bonds. The summed E-state index contributed by atoms with van der Waals surface area (Å²) in [6, 6.07) is 6.95. The average Bonchev–Trinajstić information content (AvgIpc) is 3.09. The number of fused-ring (bicyclic) bond motifs is 3. The SMILES string of the molecule is O=C(NCCc1ccc2c(c1)CCO2)N1C2CCC1COC2. The third kappa shape index (κ3) is 2.54. The Hall–Kier alpha value is -1.75. The van der Waals surface area contributed by atoms with E-state index in [1.165, 1.54) is 11.1 Å². The van der Waals surface area contributed by atoms with E-state index in [1.807, 2.05) is 11.0 Å². The summed E-state index contributed by atoms with van der Waals surface area (Å²) >= 11 is 0. The zero-order valence-corrected chi connectivity index (χ0v) is 12.7. The van der Waals surface area contributed by atoms with Gasteiger partial charge in [0.1, 0.15) is 5.75 Å². The number of ether oxygens (including phenoxy) is 2. The summed E-state index contributed by atoms with van der Waals surface area (Å²) in [7, 11) is 0. The molecule has 3 aliphatic rings. The topological polar surface area (TPSA) is 50.8 Å². The van der Waals surface area contributed by atoms with Crippen molar-refractivity contribution in [1.82, 2.24) is 10.2 Å². The predicted octanol–water partition coefficient (Wildman–Crippen LogP) is 1.74. The lowest BCUT2D eigenvalue weighted by Crippen LogP contribution is -2.53. The van der Waals surface area contributed by atoms with Gasteiger partial charge in [0.15, 0.2) is 0 Å². The molecule has 2 fully saturated rings. The van der Waals surface area contributed by atoms with Crippen LogP contribution in [0.25, 0.3) is 0 Å². The van der Waals surface area contributed by atoms with Crippen LogP contribution >= 0.6 is 0 Å². The quantitative estimate of drug-likeness (QED) is 0.925. The van der Waals surface area contributed by atoms with Gasteiger partial charge in [-0.2, -0.15) is 0 Å².